The Labute approximate surface area is 115 Å². The average molecular weight is 246 g/mol. The van der Waals surface area contributed by atoms with Crippen molar-refractivity contribution in [3.05, 3.63) is 77.9 Å². The summed E-state index contributed by atoms with van der Waals surface area (Å²) >= 11 is 0. The van der Waals surface area contributed by atoms with Crippen molar-refractivity contribution in [2.45, 2.75) is 13.8 Å². The molecule has 0 fully saturated rings. The van der Waals surface area contributed by atoms with Gasteiger partial charge in [-0.15, -0.1) is 0 Å². The van der Waals surface area contributed by atoms with Gasteiger partial charge in [-0.3, -0.25) is 0 Å². The molecule has 0 spiro atoms. The third-order valence-electron chi connectivity index (χ3n) is 3.62. The lowest BCUT2D eigenvalue weighted by molar-refractivity contribution is 0.959. The maximum absolute atomic E-state index is 2.31. The summed E-state index contributed by atoms with van der Waals surface area (Å²) in [7, 11) is 0. The highest BCUT2D eigenvalue weighted by Crippen LogP contribution is 2.27. The zero-order valence-electron chi connectivity index (χ0n) is 11.4. The minimum Gasteiger partial charge on any atom is -0.0773 e. The highest BCUT2D eigenvalue weighted by atomic mass is 14.1. The Bertz CT molecular complexity index is 625. The summed E-state index contributed by atoms with van der Waals surface area (Å²) in [5, 5.41) is 0. The first-order valence-electron chi connectivity index (χ1n) is 6.80. The molecular weight excluding hydrogens is 228 g/mol. The average Bonchev–Trinajstić information content (AvgIpc) is 2.87. The molecule has 1 aliphatic carbocycles. The molecule has 0 amide bonds. The lowest BCUT2D eigenvalue weighted by Gasteiger charge is -2.05. The van der Waals surface area contributed by atoms with Crippen LogP contribution in [-0.2, 0) is 0 Å². The number of aryl methyl sites for hydroxylation is 1. The van der Waals surface area contributed by atoms with Crippen molar-refractivity contribution in [3.63, 3.8) is 0 Å². The van der Waals surface area contributed by atoms with Crippen LogP contribution in [0.25, 0.3) is 16.7 Å². The van der Waals surface area contributed by atoms with E-state index in [9.17, 15) is 0 Å². The van der Waals surface area contributed by atoms with Gasteiger partial charge < -0.3 is 0 Å². The van der Waals surface area contributed by atoms with Crippen LogP contribution in [-0.4, -0.2) is 0 Å². The van der Waals surface area contributed by atoms with E-state index >= 15 is 0 Å². The molecule has 0 saturated heterocycles. The Hall–Kier alpha value is -2.08. The number of hydrogen-bond donors (Lipinski definition) is 0. The van der Waals surface area contributed by atoms with Crippen LogP contribution >= 0.6 is 0 Å². The van der Waals surface area contributed by atoms with Gasteiger partial charge in [0.2, 0.25) is 0 Å². The van der Waals surface area contributed by atoms with Crippen LogP contribution in [0.5, 0.6) is 0 Å². The van der Waals surface area contributed by atoms with E-state index < -0.39 is 0 Å². The first kappa shape index (κ1) is 12.0. The zero-order valence-corrected chi connectivity index (χ0v) is 11.4. The first-order valence-corrected chi connectivity index (χ1v) is 6.80. The second kappa shape index (κ2) is 4.89. The predicted octanol–water partition coefficient (Wildman–Crippen LogP) is 5.25. The fourth-order valence-electron chi connectivity index (χ4n) is 2.44. The number of benzene rings is 2. The lowest BCUT2D eigenvalue weighted by Crippen LogP contribution is -1.82. The van der Waals surface area contributed by atoms with Crippen molar-refractivity contribution >= 4 is 5.57 Å². The largest absolute Gasteiger partial charge is 0.0773 e. The van der Waals surface area contributed by atoms with Gasteiger partial charge in [0.1, 0.15) is 0 Å². The summed E-state index contributed by atoms with van der Waals surface area (Å²) in [5.41, 5.74) is 6.50. The molecule has 2 aromatic carbocycles. The van der Waals surface area contributed by atoms with Crippen LogP contribution in [0.2, 0.25) is 0 Å². The Kier molecular flexibility index (Phi) is 3.08. The Morgan fingerprint density at radius 1 is 0.737 bits per heavy atom. The normalized spacial score (nSPS) is 17.6. The summed E-state index contributed by atoms with van der Waals surface area (Å²) in [6.45, 7) is 4.33. The minimum atomic E-state index is 0.562. The van der Waals surface area contributed by atoms with Gasteiger partial charge in [-0.25, -0.2) is 0 Å². The van der Waals surface area contributed by atoms with Gasteiger partial charge in [-0.1, -0.05) is 79.2 Å². The van der Waals surface area contributed by atoms with E-state index in [1.165, 1.54) is 27.8 Å². The van der Waals surface area contributed by atoms with Crippen molar-refractivity contribution < 1.29 is 0 Å². The molecule has 2 aromatic rings. The monoisotopic (exact) mass is 246 g/mol. The molecule has 0 heteroatoms. The Morgan fingerprint density at radius 3 is 1.79 bits per heavy atom. The molecule has 94 valence electrons. The maximum atomic E-state index is 2.31. The smallest absolute Gasteiger partial charge is 0.00693 e. The summed E-state index contributed by atoms with van der Waals surface area (Å²) in [6, 6.07) is 17.5. The van der Waals surface area contributed by atoms with Gasteiger partial charge in [-0.05, 0) is 35.1 Å². The molecule has 3 rings (SSSR count). The van der Waals surface area contributed by atoms with Crippen LogP contribution in [0.1, 0.15) is 18.1 Å². The van der Waals surface area contributed by atoms with Crippen LogP contribution < -0.4 is 0 Å². The molecule has 0 aliphatic heterocycles. The fraction of sp³-hybridized carbons (Fsp3) is 0.158. The molecule has 1 unspecified atom stereocenters. The summed E-state index contributed by atoms with van der Waals surface area (Å²) in [6.07, 6.45) is 6.76. The standard InChI is InChI=1S/C19H18/c1-14-3-6-16(7-4-14)17-9-11-18(12-10-17)19-8-5-15(2)13-19/h3-13,15H,1-2H3. The van der Waals surface area contributed by atoms with E-state index in [0.29, 0.717) is 5.92 Å². The van der Waals surface area contributed by atoms with E-state index in [1.807, 2.05) is 0 Å². The third kappa shape index (κ3) is 2.53. The van der Waals surface area contributed by atoms with E-state index in [4.69, 9.17) is 0 Å². The molecule has 0 nitrogen and oxygen atoms in total. The van der Waals surface area contributed by atoms with Gasteiger partial charge in [0.15, 0.2) is 0 Å². The van der Waals surface area contributed by atoms with Crippen molar-refractivity contribution in [2.24, 2.45) is 5.92 Å². The van der Waals surface area contributed by atoms with Gasteiger partial charge in [0.05, 0.1) is 0 Å². The Balaban J connectivity index is 1.89. The molecule has 0 N–H and O–H groups in total. The van der Waals surface area contributed by atoms with Crippen molar-refractivity contribution in [1.29, 1.82) is 0 Å². The van der Waals surface area contributed by atoms with Crippen LogP contribution in [0.15, 0.2) is 66.8 Å². The van der Waals surface area contributed by atoms with Gasteiger partial charge in [-0.2, -0.15) is 0 Å². The molecule has 0 bridgehead atoms. The van der Waals surface area contributed by atoms with E-state index in [2.05, 4.69) is 80.6 Å². The van der Waals surface area contributed by atoms with Crippen molar-refractivity contribution in [2.75, 3.05) is 0 Å². The molecule has 1 aliphatic rings. The second-order valence-electron chi connectivity index (χ2n) is 5.28. The van der Waals surface area contributed by atoms with Gasteiger partial charge in [0, 0.05) is 0 Å². The number of hydrogen-bond acceptors (Lipinski definition) is 0. The van der Waals surface area contributed by atoms with E-state index in [0.717, 1.165) is 0 Å². The van der Waals surface area contributed by atoms with Gasteiger partial charge >= 0.3 is 0 Å². The SMILES string of the molecule is Cc1ccc(-c2ccc(C3=CC(C)C=C3)cc2)cc1. The van der Waals surface area contributed by atoms with E-state index in [-0.39, 0.29) is 0 Å². The van der Waals surface area contributed by atoms with Crippen LogP contribution in [0.4, 0.5) is 0 Å². The van der Waals surface area contributed by atoms with Crippen molar-refractivity contribution in [3.8, 4) is 11.1 Å². The Morgan fingerprint density at radius 2 is 1.26 bits per heavy atom. The third-order valence-corrected chi connectivity index (χ3v) is 3.62. The topological polar surface area (TPSA) is 0 Å². The molecule has 0 saturated carbocycles. The second-order valence-corrected chi connectivity index (χ2v) is 5.28. The fourth-order valence-corrected chi connectivity index (χ4v) is 2.44. The molecule has 19 heavy (non-hydrogen) atoms. The van der Waals surface area contributed by atoms with Crippen LogP contribution in [0, 0.1) is 12.8 Å². The molecule has 0 heterocycles. The molecule has 1 atom stereocenters. The minimum absolute atomic E-state index is 0.562. The van der Waals surface area contributed by atoms with E-state index in [1.54, 1.807) is 0 Å². The predicted molar refractivity (Wildman–Crippen MR) is 82.9 cm³/mol. The van der Waals surface area contributed by atoms with Crippen molar-refractivity contribution in [1.82, 2.24) is 0 Å². The molecule has 0 aromatic heterocycles. The summed E-state index contributed by atoms with van der Waals surface area (Å²) in [4.78, 5) is 0. The molecular formula is C19H18. The lowest BCUT2D eigenvalue weighted by atomic mass is 10.00. The quantitative estimate of drug-likeness (QED) is 0.678. The highest BCUT2D eigenvalue weighted by Gasteiger charge is 2.06. The van der Waals surface area contributed by atoms with Gasteiger partial charge in [0.25, 0.3) is 0 Å². The maximum Gasteiger partial charge on any atom is -0.00693 e. The first-order chi connectivity index (χ1) is 9.22. The number of allylic oxidation sites excluding steroid dienone is 4. The summed E-state index contributed by atoms with van der Waals surface area (Å²) < 4.78 is 0. The summed E-state index contributed by atoms with van der Waals surface area (Å²) in [5.74, 6) is 0.562. The molecule has 0 radical (unpaired) electrons. The zero-order chi connectivity index (χ0) is 13.2. The number of rotatable bonds is 2. The van der Waals surface area contributed by atoms with Crippen LogP contribution in [0.3, 0.4) is 0 Å². The highest BCUT2D eigenvalue weighted by molar-refractivity contribution is 5.78.